The van der Waals surface area contributed by atoms with Gasteiger partial charge in [0, 0.05) is 19.1 Å². The maximum Gasteiger partial charge on any atom is 0.354 e. The molecule has 7 heteroatoms. The third kappa shape index (κ3) is 2.76. The van der Waals surface area contributed by atoms with Crippen LogP contribution < -0.4 is 0 Å². The molecule has 1 aromatic heterocycles. The van der Waals surface area contributed by atoms with Gasteiger partial charge in [-0.1, -0.05) is 0 Å². The molecule has 0 aromatic carbocycles. The van der Waals surface area contributed by atoms with Crippen LogP contribution >= 0.6 is 0 Å². The van der Waals surface area contributed by atoms with Crippen LogP contribution in [0.15, 0.2) is 6.33 Å². The number of nitrogens with one attached hydrogen (secondary N) is 1. The minimum atomic E-state index is -1.17. The van der Waals surface area contributed by atoms with Gasteiger partial charge in [0.05, 0.1) is 6.33 Å². The maximum absolute atomic E-state index is 12.4. The zero-order valence-electron chi connectivity index (χ0n) is 11.1. The Kier molecular flexibility index (Phi) is 3.84. The largest absolute Gasteiger partial charge is 0.477 e. The van der Waals surface area contributed by atoms with E-state index in [0.717, 1.165) is 19.5 Å². The van der Waals surface area contributed by atoms with Crippen LogP contribution in [0.4, 0.5) is 0 Å². The average Bonchev–Trinajstić information content (AvgIpc) is 2.76. The molecule has 1 unspecified atom stereocenters. The van der Waals surface area contributed by atoms with E-state index in [1.807, 2.05) is 14.0 Å². The van der Waals surface area contributed by atoms with Crippen LogP contribution in [-0.2, 0) is 0 Å². The van der Waals surface area contributed by atoms with Crippen molar-refractivity contribution in [2.75, 3.05) is 26.7 Å². The van der Waals surface area contributed by atoms with Crippen molar-refractivity contribution in [3.05, 3.63) is 17.7 Å². The number of H-pyrrole nitrogens is 1. The lowest BCUT2D eigenvalue weighted by molar-refractivity contribution is 0.0647. The molecule has 1 atom stereocenters. The van der Waals surface area contributed by atoms with Gasteiger partial charge < -0.3 is 19.9 Å². The van der Waals surface area contributed by atoms with E-state index in [4.69, 9.17) is 5.11 Å². The van der Waals surface area contributed by atoms with Gasteiger partial charge in [0.15, 0.2) is 11.4 Å². The van der Waals surface area contributed by atoms with E-state index >= 15 is 0 Å². The van der Waals surface area contributed by atoms with Crippen molar-refractivity contribution in [2.24, 2.45) is 0 Å². The third-order valence-corrected chi connectivity index (χ3v) is 3.36. The second-order valence-electron chi connectivity index (χ2n) is 4.89. The number of rotatable bonds is 2. The summed E-state index contributed by atoms with van der Waals surface area (Å²) in [6.45, 7) is 4.29. The fourth-order valence-corrected chi connectivity index (χ4v) is 2.43. The molecule has 2 N–H and O–H groups in total. The molecule has 1 aliphatic heterocycles. The van der Waals surface area contributed by atoms with E-state index in [1.165, 1.54) is 6.33 Å². The molecule has 0 bridgehead atoms. The van der Waals surface area contributed by atoms with Crippen molar-refractivity contribution < 1.29 is 14.7 Å². The van der Waals surface area contributed by atoms with Crippen molar-refractivity contribution in [3.63, 3.8) is 0 Å². The zero-order chi connectivity index (χ0) is 14.0. The smallest absolute Gasteiger partial charge is 0.354 e. The first-order valence-electron chi connectivity index (χ1n) is 6.27. The summed E-state index contributed by atoms with van der Waals surface area (Å²) in [4.78, 5) is 33.7. The molecular formula is C12H18N4O3. The van der Waals surface area contributed by atoms with E-state index < -0.39 is 5.97 Å². The Morgan fingerprint density at radius 2 is 2.21 bits per heavy atom. The van der Waals surface area contributed by atoms with Crippen molar-refractivity contribution >= 4 is 11.9 Å². The van der Waals surface area contributed by atoms with Crippen LogP contribution in [0, 0.1) is 0 Å². The van der Waals surface area contributed by atoms with Crippen LogP contribution in [0.2, 0.25) is 0 Å². The standard InChI is InChI=1S/C12H18N4O3/c1-8-6-15(2)4-3-5-16(8)11(17)9-10(12(18)19)14-7-13-9/h7-8H,3-6H2,1-2H3,(H,13,14)(H,18,19). The molecule has 0 spiro atoms. The molecular weight excluding hydrogens is 248 g/mol. The number of aromatic nitrogens is 2. The maximum atomic E-state index is 12.4. The summed E-state index contributed by atoms with van der Waals surface area (Å²) in [5.74, 6) is -1.48. The van der Waals surface area contributed by atoms with Crippen LogP contribution in [-0.4, -0.2) is 69.5 Å². The first-order valence-corrected chi connectivity index (χ1v) is 6.27. The van der Waals surface area contributed by atoms with Gasteiger partial charge in [0.25, 0.3) is 5.91 Å². The SMILES string of the molecule is CC1CN(C)CCCN1C(=O)c1nc[nH]c1C(=O)O. The first-order chi connectivity index (χ1) is 9.00. The number of carboxylic acids is 1. The predicted octanol–water partition coefficient (Wildman–Crippen LogP) is 0.274. The zero-order valence-corrected chi connectivity index (χ0v) is 11.1. The van der Waals surface area contributed by atoms with Crippen molar-refractivity contribution in [1.82, 2.24) is 19.8 Å². The number of nitrogens with zero attached hydrogens (tertiary/aromatic N) is 3. The Morgan fingerprint density at radius 3 is 2.89 bits per heavy atom. The van der Waals surface area contributed by atoms with Gasteiger partial charge in [0.2, 0.25) is 0 Å². The van der Waals surface area contributed by atoms with Gasteiger partial charge in [0.1, 0.15) is 0 Å². The number of carbonyl (C=O) groups is 2. The number of carbonyl (C=O) groups excluding carboxylic acids is 1. The number of imidazole rings is 1. The molecule has 1 amide bonds. The molecule has 1 aliphatic rings. The lowest BCUT2D eigenvalue weighted by Crippen LogP contribution is -2.42. The second kappa shape index (κ2) is 5.40. The molecule has 7 nitrogen and oxygen atoms in total. The number of hydrogen-bond acceptors (Lipinski definition) is 4. The van der Waals surface area contributed by atoms with E-state index in [1.54, 1.807) is 4.90 Å². The molecule has 1 aromatic rings. The van der Waals surface area contributed by atoms with E-state index in [2.05, 4.69) is 14.9 Å². The highest BCUT2D eigenvalue weighted by atomic mass is 16.4. The molecule has 1 saturated heterocycles. The van der Waals surface area contributed by atoms with Crippen LogP contribution in [0.5, 0.6) is 0 Å². The number of likely N-dealkylation sites (N-methyl/N-ethyl adjacent to an activating group) is 1. The summed E-state index contributed by atoms with van der Waals surface area (Å²) < 4.78 is 0. The Morgan fingerprint density at radius 1 is 1.47 bits per heavy atom. The number of carboxylic acid groups (broad SMARTS) is 1. The van der Waals surface area contributed by atoms with Crippen molar-refractivity contribution in [3.8, 4) is 0 Å². The minimum Gasteiger partial charge on any atom is -0.477 e. The molecule has 0 radical (unpaired) electrons. The summed E-state index contributed by atoms with van der Waals surface area (Å²) in [5.41, 5.74) is -0.154. The van der Waals surface area contributed by atoms with Crippen LogP contribution in [0.3, 0.4) is 0 Å². The molecule has 19 heavy (non-hydrogen) atoms. The fourth-order valence-electron chi connectivity index (χ4n) is 2.43. The summed E-state index contributed by atoms with van der Waals surface area (Å²) >= 11 is 0. The van der Waals surface area contributed by atoms with Gasteiger partial charge in [-0.3, -0.25) is 4.79 Å². The summed E-state index contributed by atoms with van der Waals surface area (Å²) in [6, 6.07) is 0.0401. The third-order valence-electron chi connectivity index (χ3n) is 3.36. The van der Waals surface area contributed by atoms with E-state index in [0.29, 0.717) is 6.54 Å². The van der Waals surface area contributed by atoms with Gasteiger partial charge in [-0.05, 0) is 26.9 Å². The highest BCUT2D eigenvalue weighted by Crippen LogP contribution is 2.14. The molecule has 0 saturated carbocycles. The highest BCUT2D eigenvalue weighted by Gasteiger charge is 2.29. The van der Waals surface area contributed by atoms with Gasteiger partial charge in [-0.25, -0.2) is 9.78 Å². The second-order valence-corrected chi connectivity index (χ2v) is 4.89. The minimum absolute atomic E-state index is 0.0103. The predicted molar refractivity (Wildman–Crippen MR) is 68.2 cm³/mol. The Balaban J connectivity index is 2.23. The summed E-state index contributed by atoms with van der Waals surface area (Å²) in [6.07, 6.45) is 2.12. The average molecular weight is 266 g/mol. The quantitative estimate of drug-likeness (QED) is 0.802. The molecule has 2 heterocycles. The Bertz CT molecular complexity index is 485. The number of aromatic amines is 1. The summed E-state index contributed by atoms with van der Waals surface area (Å²) in [7, 11) is 2.02. The van der Waals surface area contributed by atoms with Gasteiger partial charge >= 0.3 is 5.97 Å². The Labute approximate surface area is 111 Å². The topological polar surface area (TPSA) is 89.5 Å². The molecule has 0 aliphatic carbocycles. The first kappa shape index (κ1) is 13.5. The highest BCUT2D eigenvalue weighted by molar-refractivity contribution is 6.02. The molecule has 2 rings (SSSR count). The number of aromatic carboxylic acids is 1. The molecule has 1 fully saturated rings. The van der Waals surface area contributed by atoms with Crippen molar-refractivity contribution in [2.45, 2.75) is 19.4 Å². The van der Waals surface area contributed by atoms with Crippen LogP contribution in [0.25, 0.3) is 0 Å². The lowest BCUT2D eigenvalue weighted by atomic mass is 10.2. The van der Waals surface area contributed by atoms with Crippen LogP contribution in [0.1, 0.15) is 34.3 Å². The Hall–Kier alpha value is -1.89. The number of hydrogen-bond donors (Lipinski definition) is 2. The van der Waals surface area contributed by atoms with E-state index in [9.17, 15) is 9.59 Å². The normalized spacial score (nSPS) is 21.2. The van der Waals surface area contributed by atoms with Crippen molar-refractivity contribution in [1.29, 1.82) is 0 Å². The van der Waals surface area contributed by atoms with Gasteiger partial charge in [-0.15, -0.1) is 0 Å². The lowest BCUT2D eigenvalue weighted by Gasteiger charge is -2.27. The van der Waals surface area contributed by atoms with Gasteiger partial charge in [-0.2, -0.15) is 0 Å². The number of amides is 1. The fraction of sp³-hybridized carbons (Fsp3) is 0.583. The molecule has 104 valence electrons. The monoisotopic (exact) mass is 266 g/mol. The van der Waals surface area contributed by atoms with E-state index in [-0.39, 0.29) is 23.3 Å². The summed E-state index contributed by atoms with van der Waals surface area (Å²) in [5, 5.41) is 9.02.